The SMILES string of the molecule is [CH]1C=Nc2c[nH]cc2O1. The highest BCUT2D eigenvalue weighted by Gasteiger charge is 2.05. The summed E-state index contributed by atoms with van der Waals surface area (Å²) < 4.78 is 5.06. The highest BCUT2D eigenvalue weighted by molar-refractivity contribution is 5.75. The number of ether oxygens (including phenoxy) is 1. The van der Waals surface area contributed by atoms with E-state index in [0.717, 1.165) is 11.4 Å². The minimum atomic E-state index is 0.789. The summed E-state index contributed by atoms with van der Waals surface area (Å²) in [5.41, 5.74) is 0.859. The molecule has 0 spiro atoms. The van der Waals surface area contributed by atoms with Crippen molar-refractivity contribution < 1.29 is 4.74 Å². The third-order valence-electron chi connectivity index (χ3n) is 1.16. The van der Waals surface area contributed by atoms with Gasteiger partial charge in [-0.3, -0.25) is 4.99 Å². The van der Waals surface area contributed by atoms with E-state index in [1.54, 1.807) is 25.2 Å². The predicted octanol–water partition coefficient (Wildman–Crippen LogP) is 1.27. The van der Waals surface area contributed by atoms with E-state index in [9.17, 15) is 0 Å². The van der Waals surface area contributed by atoms with Gasteiger partial charge in [0.05, 0.1) is 0 Å². The van der Waals surface area contributed by atoms with Crippen LogP contribution in [0.3, 0.4) is 0 Å². The van der Waals surface area contributed by atoms with Gasteiger partial charge in [-0.15, -0.1) is 0 Å². The maximum Gasteiger partial charge on any atom is 0.176 e. The van der Waals surface area contributed by atoms with Crippen LogP contribution >= 0.6 is 0 Å². The van der Waals surface area contributed by atoms with E-state index in [2.05, 4.69) is 9.98 Å². The van der Waals surface area contributed by atoms with E-state index >= 15 is 0 Å². The van der Waals surface area contributed by atoms with E-state index in [0.29, 0.717) is 0 Å². The van der Waals surface area contributed by atoms with Crippen molar-refractivity contribution in [3.05, 3.63) is 19.0 Å². The molecule has 1 aromatic rings. The van der Waals surface area contributed by atoms with Crippen molar-refractivity contribution in [1.82, 2.24) is 4.98 Å². The average Bonchev–Trinajstić information content (AvgIpc) is 2.33. The largest absolute Gasteiger partial charge is 0.477 e. The highest BCUT2D eigenvalue weighted by Crippen LogP contribution is 2.28. The van der Waals surface area contributed by atoms with Crippen molar-refractivity contribution in [1.29, 1.82) is 0 Å². The Morgan fingerprint density at radius 3 is 3.33 bits per heavy atom. The zero-order valence-corrected chi connectivity index (χ0v) is 4.66. The predicted molar refractivity (Wildman–Crippen MR) is 33.9 cm³/mol. The Morgan fingerprint density at radius 2 is 2.44 bits per heavy atom. The lowest BCUT2D eigenvalue weighted by Crippen LogP contribution is -1.93. The molecule has 1 aromatic heterocycles. The molecule has 0 saturated heterocycles. The van der Waals surface area contributed by atoms with E-state index in [4.69, 9.17) is 4.74 Å². The molecule has 0 atom stereocenters. The van der Waals surface area contributed by atoms with Crippen molar-refractivity contribution in [3.63, 3.8) is 0 Å². The molecular weight excluding hydrogens is 116 g/mol. The molecule has 9 heavy (non-hydrogen) atoms. The van der Waals surface area contributed by atoms with Gasteiger partial charge in [0.2, 0.25) is 0 Å². The number of aliphatic imine (C=N–C) groups is 1. The number of fused-ring (bicyclic) bond motifs is 1. The van der Waals surface area contributed by atoms with Gasteiger partial charge in [0, 0.05) is 18.6 Å². The normalized spacial score (nSPS) is 14.7. The number of aromatic amines is 1. The molecule has 2 heterocycles. The van der Waals surface area contributed by atoms with Crippen LogP contribution in [-0.2, 0) is 0 Å². The third-order valence-corrected chi connectivity index (χ3v) is 1.16. The monoisotopic (exact) mass is 121 g/mol. The van der Waals surface area contributed by atoms with Crippen molar-refractivity contribution in [2.45, 2.75) is 0 Å². The Hall–Kier alpha value is -1.25. The number of hydrogen-bond acceptors (Lipinski definition) is 2. The molecule has 0 fully saturated rings. The van der Waals surface area contributed by atoms with Crippen LogP contribution in [-0.4, -0.2) is 11.2 Å². The number of aromatic nitrogens is 1. The van der Waals surface area contributed by atoms with Gasteiger partial charge >= 0.3 is 0 Å². The van der Waals surface area contributed by atoms with E-state index < -0.39 is 0 Å². The number of hydrogen-bond donors (Lipinski definition) is 1. The number of rotatable bonds is 0. The van der Waals surface area contributed by atoms with E-state index in [-0.39, 0.29) is 0 Å². The highest BCUT2D eigenvalue weighted by atomic mass is 16.5. The molecule has 3 nitrogen and oxygen atoms in total. The molecule has 1 aliphatic heterocycles. The van der Waals surface area contributed by atoms with Gasteiger partial charge in [-0.2, -0.15) is 0 Å². The lowest BCUT2D eigenvalue weighted by Gasteiger charge is -2.03. The van der Waals surface area contributed by atoms with Crippen LogP contribution in [0.25, 0.3) is 0 Å². The van der Waals surface area contributed by atoms with Crippen molar-refractivity contribution in [2.24, 2.45) is 4.99 Å². The Bertz CT molecular complexity index is 239. The molecule has 0 amide bonds. The summed E-state index contributed by atoms with van der Waals surface area (Å²) >= 11 is 0. The summed E-state index contributed by atoms with van der Waals surface area (Å²) in [6.07, 6.45) is 5.18. The van der Waals surface area contributed by atoms with E-state index in [1.807, 2.05) is 0 Å². The summed E-state index contributed by atoms with van der Waals surface area (Å²) in [6, 6.07) is 0. The third kappa shape index (κ3) is 0.614. The van der Waals surface area contributed by atoms with Gasteiger partial charge in [0.1, 0.15) is 5.69 Å². The fraction of sp³-hybridized carbons (Fsp3) is 0. The lowest BCUT2D eigenvalue weighted by atomic mass is 10.4. The van der Waals surface area contributed by atoms with Crippen LogP contribution in [0.2, 0.25) is 0 Å². The van der Waals surface area contributed by atoms with E-state index in [1.165, 1.54) is 0 Å². The first-order valence-electron chi connectivity index (χ1n) is 2.66. The Morgan fingerprint density at radius 1 is 1.44 bits per heavy atom. The van der Waals surface area contributed by atoms with Crippen LogP contribution in [0.15, 0.2) is 17.4 Å². The van der Waals surface area contributed by atoms with Crippen molar-refractivity contribution >= 4 is 11.9 Å². The standard InChI is InChI=1S/C6H5N2O/c1-2-9-6-4-7-3-5(6)8-1/h1-4,7H. The quantitative estimate of drug-likeness (QED) is 0.551. The fourth-order valence-electron chi connectivity index (χ4n) is 0.751. The van der Waals surface area contributed by atoms with Gasteiger partial charge in [-0.25, -0.2) is 0 Å². The molecule has 3 heteroatoms. The topological polar surface area (TPSA) is 37.4 Å². The Kier molecular flexibility index (Phi) is 0.828. The Labute approximate surface area is 52.4 Å². The van der Waals surface area contributed by atoms with Crippen LogP contribution in [0, 0.1) is 6.61 Å². The molecule has 1 radical (unpaired) electrons. The molecule has 0 unspecified atom stereocenters. The summed E-state index contributed by atoms with van der Waals surface area (Å²) in [7, 11) is 0. The number of nitrogens with one attached hydrogen (secondary N) is 1. The maximum absolute atomic E-state index is 5.06. The average molecular weight is 121 g/mol. The first-order chi connectivity index (χ1) is 4.47. The number of H-pyrrole nitrogens is 1. The molecule has 0 saturated carbocycles. The van der Waals surface area contributed by atoms with Crippen molar-refractivity contribution in [2.75, 3.05) is 0 Å². The molecule has 1 aliphatic rings. The zero-order chi connectivity index (χ0) is 6.10. The van der Waals surface area contributed by atoms with Crippen LogP contribution in [0.4, 0.5) is 5.69 Å². The molecular formula is C6H5N2O. The second-order valence-corrected chi connectivity index (χ2v) is 1.74. The second kappa shape index (κ2) is 1.62. The summed E-state index contributed by atoms with van der Waals surface area (Å²) in [6.45, 7) is 1.55. The summed E-state index contributed by atoms with van der Waals surface area (Å²) in [5, 5.41) is 0. The smallest absolute Gasteiger partial charge is 0.176 e. The van der Waals surface area contributed by atoms with Gasteiger partial charge < -0.3 is 9.72 Å². The number of nitrogens with zero attached hydrogens (tertiary/aromatic N) is 1. The summed E-state index contributed by atoms with van der Waals surface area (Å²) in [4.78, 5) is 6.90. The zero-order valence-electron chi connectivity index (χ0n) is 4.66. The molecule has 1 N–H and O–H groups in total. The summed E-state index contributed by atoms with van der Waals surface area (Å²) in [5.74, 6) is 0.789. The molecule has 45 valence electrons. The Balaban J connectivity index is 2.53. The fourth-order valence-corrected chi connectivity index (χ4v) is 0.751. The molecule has 0 aliphatic carbocycles. The van der Waals surface area contributed by atoms with Crippen LogP contribution in [0.5, 0.6) is 5.75 Å². The second-order valence-electron chi connectivity index (χ2n) is 1.74. The minimum absolute atomic E-state index is 0.789. The first-order valence-corrected chi connectivity index (χ1v) is 2.66. The maximum atomic E-state index is 5.06. The van der Waals surface area contributed by atoms with Gasteiger partial charge in [0.25, 0.3) is 0 Å². The first kappa shape index (κ1) is 4.61. The minimum Gasteiger partial charge on any atom is -0.477 e. The van der Waals surface area contributed by atoms with Crippen molar-refractivity contribution in [3.8, 4) is 5.75 Å². The van der Waals surface area contributed by atoms with Crippen LogP contribution < -0.4 is 4.74 Å². The molecule has 0 bridgehead atoms. The van der Waals surface area contributed by atoms with Gasteiger partial charge in [0.15, 0.2) is 12.4 Å². The lowest BCUT2D eigenvalue weighted by molar-refractivity contribution is 0.445. The van der Waals surface area contributed by atoms with Gasteiger partial charge in [-0.05, 0) is 0 Å². The van der Waals surface area contributed by atoms with Gasteiger partial charge in [-0.1, -0.05) is 0 Å². The van der Waals surface area contributed by atoms with Crippen LogP contribution in [0.1, 0.15) is 0 Å². The molecule has 2 rings (SSSR count). The molecule has 0 aromatic carbocycles.